The smallest absolute Gasteiger partial charge is 0.212 e. The minimum absolute atomic E-state index is 0.0275. The minimum atomic E-state index is -3.32. The highest BCUT2D eigenvalue weighted by atomic mass is 35.5. The monoisotopic (exact) mass is 269 g/mol. The van der Waals surface area contributed by atoms with Crippen LogP contribution in [0, 0.1) is 5.92 Å². The van der Waals surface area contributed by atoms with Crippen molar-refractivity contribution in [2.24, 2.45) is 5.92 Å². The van der Waals surface area contributed by atoms with Crippen LogP contribution in [0.1, 0.15) is 32.6 Å². The van der Waals surface area contributed by atoms with Crippen LogP contribution in [0.3, 0.4) is 0 Å². The van der Waals surface area contributed by atoms with Gasteiger partial charge in [0.1, 0.15) is 0 Å². The molecule has 96 valence electrons. The highest BCUT2D eigenvalue weighted by Gasteiger charge is 2.27. The molecular formula is C10H20ClNO3S. The van der Waals surface area contributed by atoms with Gasteiger partial charge >= 0.3 is 0 Å². The average Bonchev–Trinajstić information content (AvgIpc) is 2.20. The van der Waals surface area contributed by atoms with Crippen molar-refractivity contribution in [3.8, 4) is 0 Å². The van der Waals surface area contributed by atoms with Crippen LogP contribution in [0.4, 0.5) is 0 Å². The number of aliphatic hydroxyl groups is 1. The fourth-order valence-electron chi connectivity index (χ4n) is 1.95. The van der Waals surface area contributed by atoms with Gasteiger partial charge in [-0.1, -0.05) is 19.8 Å². The normalized spacial score (nSPS) is 28.9. The van der Waals surface area contributed by atoms with Gasteiger partial charge in [0.2, 0.25) is 10.0 Å². The molecule has 0 amide bonds. The molecule has 2 N–H and O–H groups in total. The minimum Gasteiger partial charge on any atom is -0.391 e. The van der Waals surface area contributed by atoms with E-state index in [1.54, 1.807) is 6.92 Å². The summed E-state index contributed by atoms with van der Waals surface area (Å²) in [6, 6.07) is -0.318. The molecule has 16 heavy (non-hydrogen) atoms. The summed E-state index contributed by atoms with van der Waals surface area (Å²) < 4.78 is 26.0. The largest absolute Gasteiger partial charge is 0.391 e. The molecule has 0 bridgehead atoms. The zero-order chi connectivity index (χ0) is 12.2. The molecule has 6 heteroatoms. The van der Waals surface area contributed by atoms with E-state index in [9.17, 15) is 13.5 Å². The SMILES string of the molecule is CC(CCl)CS(=O)(=O)NC1CCCCC1O. The van der Waals surface area contributed by atoms with Crippen molar-refractivity contribution < 1.29 is 13.5 Å². The first-order valence-electron chi connectivity index (χ1n) is 5.68. The Kier molecular flexibility index (Phi) is 5.50. The van der Waals surface area contributed by atoms with Gasteiger partial charge in [-0.05, 0) is 18.8 Å². The van der Waals surface area contributed by atoms with Crippen molar-refractivity contribution in [2.75, 3.05) is 11.6 Å². The first-order valence-corrected chi connectivity index (χ1v) is 7.87. The Morgan fingerprint density at radius 1 is 1.44 bits per heavy atom. The van der Waals surface area contributed by atoms with E-state index in [4.69, 9.17) is 11.6 Å². The summed E-state index contributed by atoms with van der Waals surface area (Å²) >= 11 is 5.59. The van der Waals surface area contributed by atoms with Crippen LogP contribution < -0.4 is 4.72 Å². The summed E-state index contributed by atoms with van der Waals surface area (Å²) in [5.41, 5.74) is 0. The highest BCUT2D eigenvalue weighted by molar-refractivity contribution is 7.89. The lowest BCUT2D eigenvalue weighted by Gasteiger charge is -2.28. The van der Waals surface area contributed by atoms with E-state index >= 15 is 0 Å². The molecule has 0 saturated heterocycles. The molecule has 0 spiro atoms. The molecule has 0 radical (unpaired) electrons. The molecule has 0 aliphatic heterocycles. The Hall–Kier alpha value is 0.160. The van der Waals surface area contributed by atoms with Gasteiger partial charge in [-0.3, -0.25) is 0 Å². The summed E-state index contributed by atoms with van der Waals surface area (Å²) in [4.78, 5) is 0. The zero-order valence-corrected chi connectivity index (χ0v) is 11.1. The Bertz CT molecular complexity index is 307. The Labute approximate surface area is 102 Å². The van der Waals surface area contributed by atoms with E-state index in [1.165, 1.54) is 0 Å². The van der Waals surface area contributed by atoms with Crippen LogP contribution in [0.15, 0.2) is 0 Å². The van der Waals surface area contributed by atoms with E-state index in [0.29, 0.717) is 12.3 Å². The summed E-state index contributed by atoms with van der Waals surface area (Å²) in [5.74, 6) is 0.285. The highest BCUT2D eigenvalue weighted by Crippen LogP contribution is 2.19. The van der Waals surface area contributed by atoms with Gasteiger partial charge in [0, 0.05) is 11.9 Å². The summed E-state index contributed by atoms with van der Waals surface area (Å²) in [6.45, 7) is 1.80. The van der Waals surface area contributed by atoms with Crippen molar-refractivity contribution in [1.29, 1.82) is 0 Å². The summed E-state index contributed by atoms with van der Waals surface area (Å²) in [6.07, 6.45) is 2.79. The second-order valence-corrected chi connectivity index (χ2v) is 6.72. The van der Waals surface area contributed by atoms with Crippen molar-refractivity contribution >= 4 is 21.6 Å². The maximum Gasteiger partial charge on any atom is 0.212 e. The van der Waals surface area contributed by atoms with Crippen LogP contribution in [-0.4, -0.2) is 37.3 Å². The molecule has 0 aromatic heterocycles. The number of sulfonamides is 1. The van der Waals surface area contributed by atoms with Gasteiger partial charge in [-0.2, -0.15) is 0 Å². The number of hydrogen-bond donors (Lipinski definition) is 2. The number of rotatable bonds is 5. The number of nitrogens with one attached hydrogen (secondary N) is 1. The maximum atomic E-state index is 11.7. The molecule has 3 atom stereocenters. The van der Waals surface area contributed by atoms with Gasteiger partial charge < -0.3 is 5.11 Å². The topological polar surface area (TPSA) is 66.4 Å². The second kappa shape index (κ2) is 6.19. The lowest BCUT2D eigenvalue weighted by molar-refractivity contribution is 0.101. The van der Waals surface area contributed by atoms with Crippen molar-refractivity contribution in [2.45, 2.75) is 44.8 Å². The molecule has 0 aromatic rings. The third-order valence-corrected chi connectivity index (χ3v) is 5.02. The van der Waals surface area contributed by atoms with Crippen LogP contribution in [0.5, 0.6) is 0 Å². The predicted molar refractivity (Wildman–Crippen MR) is 65.1 cm³/mol. The van der Waals surface area contributed by atoms with Gasteiger partial charge in [0.15, 0.2) is 0 Å². The predicted octanol–water partition coefficient (Wildman–Crippen LogP) is 1.08. The van der Waals surface area contributed by atoms with Crippen LogP contribution in [-0.2, 0) is 10.0 Å². The molecule has 0 heterocycles. The molecule has 4 nitrogen and oxygen atoms in total. The molecule has 1 fully saturated rings. The van der Waals surface area contributed by atoms with Gasteiger partial charge in [-0.15, -0.1) is 11.6 Å². The third kappa shape index (κ3) is 4.57. The van der Waals surface area contributed by atoms with Crippen LogP contribution in [0.25, 0.3) is 0 Å². The fourth-order valence-corrected chi connectivity index (χ4v) is 3.88. The molecule has 3 unspecified atom stereocenters. The summed E-state index contributed by atoms with van der Waals surface area (Å²) in [7, 11) is -3.32. The van der Waals surface area contributed by atoms with Gasteiger partial charge in [0.25, 0.3) is 0 Å². The van der Waals surface area contributed by atoms with E-state index in [0.717, 1.165) is 19.3 Å². The van der Waals surface area contributed by atoms with E-state index in [-0.39, 0.29) is 17.7 Å². The third-order valence-electron chi connectivity index (χ3n) is 2.83. The first-order chi connectivity index (χ1) is 7.44. The number of hydrogen-bond acceptors (Lipinski definition) is 3. The van der Waals surface area contributed by atoms with Crippen molar-refractivity contribution in [3.63, 3.8) is 0 Å². The molecular weight excluding hydrogens is 250 g/mol. The zero-order valence-electron chi connectivity index (χ0n) is 9.52. The van der Waals surface area contributed by atoms with E-state index < -0.39 is 16.1 Å². The van der Waals surface area contributed by atoms with E-state index in [2.05, 4.69) is 4.72 Å². The molecule has 0 aromatic carbocycles. The molecule has 1 aliphatic carbocycles. The van der Waals surface area contributed by atoms with Crippen molar-refractivity contribution in [1.82, 2.24) is 4.72 Å². The Morgan fingerprint density at radius 2 is 2.06 bits per heavy atom. The second-order valence-electron chi connectivity index (χ2n) is 4.62. The Morgan fingerprint density at radius 3 is 2.62 bits per heavy atom. The maximum absolute atomic E-state index is 11.7. The molecule has 1 aliphatic rings. The lowest BCUT2D eigenvalue weighted by Crippen LogP contribution is -2.46. The average molecular weight is 270 g/mol. The van der Waals surface area contributed by atoms with Crippen LogP contribution >= 0.6 is 11.6 Å². The first kappa shape index (κ1) is 14.2. The number of alkyl halides is 1. The van der Waals surface area contributed by atoms with Gasteiger partial charge in [-0.25, -0.2) is 13.1 Å². The Balaban J connectivity index is 2.51. The van der Waals surface area contributed by atoms with E-state index in [1.807, 2.05) is 0 Å². The van der Waals surface area contributed by atoms with Crippen molar-refractivity contribution in [3.05, 3.63) is 0 Å². The summed E-state index contributed by atoms with van der Waals surface area (Å²) in [5, 5.41) is 9.67. The number of halogens is 1. The lowest BCUT2D eigenvalue weighted by atomic mass is 9.93. The fraction of sp³-hybridized carbons (Fsp3) is 1.00. The number of aliphatic hydroxyl groups excluding tert-OH is 1. The standard InChI is InChI=1S/C10H20ClNO3S/c1-8(6-11)7-16(14,15)12-9-4-2-3-5-10(9)13/h8-10,12-13H,2-7H2,1H3. The van der Waals surface area contributed by atoms with Crippen LogP contribution in [0.2, 0.25) is 0 Å². The quantitative estimate of drug-likeness (QED) is 0.734. The molecule has 1 rings (SSSR count). The molecule has 1 saturated carbocycles. The van der Waals surface area contributed by atoms with Gasteiger partial charge in [0.05, 0.1) is 11.9 Å².